The van der Waals surface area contributed by atoms with E-state index in [1.165, 1.54) is 4.90 Å². The van der Waals surface area contributed by atoms with E-state index in [9.17, 15) is 14.7 Å². The number of hydrogen-bond acceptors (Lipinski definition) is 3. The van der Waals surface area contributed by atoms with Crippen LogP contribution in [0.15, 0.2) is 42.5 Å². The van der Waals surface area contributed by atoms with Crippen molar-refractivity contribution in [3.05, 3.63) is 64.7 Å². The summed E-state index contributed by atoms with van der Waals surface area (Å²) >= 11 is 0. The molecule has 24 heavy (non-hydrogen) atoms. The van der Waals surface area contributed by atoms with Crippen LogP contribution in [-0.2, 0) is 17.8 Å². The molecule has 1 N–H and O–H groups in total. The van der Waals surface area contributed by atoms with Crippen LogP contribution in [0.2, 0.25) is 0 Å². The zero-order chi connectivity index (χ0) is 17.1. The van der Waals surface area contributed by atoms with Crippen molar-refractivity contribution in [1.29, 1.82) is 0 Å². The third kappa shape index (κ3) is 3.11. The number of carbonyl (C=O) groups is 2. The molecule has 5 nitrogen and oxygen atoms in total. The van der Waals surface area contributed by atoms with Crippen molar-refractivity contribution >= 4 is 17.7 Å². The maximum absolute atomic E-state index is 12.5. The van der Waals surface area contributed by atoms with Crippen molar-refractivity contribution in [2.24, 2.45) is 0 Å². The van der Waals surface area contributed by atoms with Gasteiger partial charge in [0.2, 0.25) is 0 Å². The minimum absolute atomic E-state index is 0.145. The van der Waals surface area contributed by atoms with E-state index in [1.54, 1.807) is 12.1 Å². The highest BCUT2D eigenvalue weighted by Gasteiger charge is 2.29. The summed E-state index contributed by atoms with van der Waals surface area (Å²) in [6.45, 7) is 2.56. The number of benzene rings is 2. The minimum Gasteiger partial charge on any atom is -0.478 e. The molecule has 2 aromatic rings. The molecule has 0 saturated carbocycles. The standard InChI is InChI=1S/C19H19NO4/c1-13-9-10-16(18(21)22)17-15(13)8-5-11-20(17)19(23)24-12-14-6-3-2-4-7-14/h2-4,6-7,9-10H,5,8,11-12H2,1H3,(H,21,22). The van der Waals surface area contributed by atoms with Crippen LogP contribution in [0, 0.1) is 6.92 Å². The fourth-order valence-corrected chi connectivity index (χ4v) is 3.04. The average molecular weight is 325 g/mol. The number of nitrogens with zero attached hydrogens (tertiary/aromatic N) is 1. The lowest BCUT2D eigenvalue weighted by Crippen LogP contribution is -2.37. The van der Waals surface area contributed by atoms with Crippen LogP contribution in [0.25, 0.3) is 0 Å². The van der Waals surface area contributed by atoms with Gasteiger partial charge in [-0.3, -0.25) is 4.90 Å². The Bertz CT molecular complexity index is 770. The summed E-state index contributed by atoms with van der Waals surface area (Å²) in [7, 11) is 0. The van der Waals surface area contributed by atoms with Crippen LogP contribution >= 0.6 is 0 Å². The van der Waals surface area contributed by atoms with Crippen molar-refractivity contribution in [2.45, 2.75) is 26.4 Å². The molecule has 0 aliphatic carbocycles. The lowest BCUT2D eigenvalue weighted by molar-refractivity contribution is 0.0697. The van der Waals surface area contributed by atoms with Gasteiger partial charge < -0.3 is 9.84 Å². The lowest BCUT2D eigenvalue weighted by atomic mass is 9.94. The van der Waals surface area contributed by atoms with Gasteiger partial charge in [-0.15, -0.1) is 0 Å². The highest BCUT2D eigenvalue weighted by molar-refractivity contribution is 6.01. The summed E-state index contributed by atoms with van der Waals surface area (Å²) in [6.07, 6.45) is 1.05. The molecule has 3 rings (SSSR count). The molecule has 0 radical (unpaired) electrons. The van der Waals surface area contributed by atoms with Gasteiger partial charge in [0.25, 0.3) is 0 Å². The van der Waals surface area contributed by atoms with E-state index in [2.05, 4.69) is 0 Å². The van der Waals surface area contributed by atoms with Gasteiger partial charge in [-0.2, -0.15) is 0 Å². The molecule has 0 saturated heterocycles. The molecule has 1 amide bonds. The fraction of sp³-hybridized carbons (Fsp3) is 0.263. The third-order valence-electron chi connectivity index (χ3n) is 4.25. The molecule has 0 fully saturated rings. The van der Waals surface area contributed by atoms with Gasteiger partial charge in [0, 0.05) is 6.54 Å². The van der Waals surface area contributed by atoms with E-state index in [0.29, 0.717) is 12.2 Å². The Hall–Kier alpha value is -2.82. The van der Waals surface area contributed by atoms with Gasteiger partial charge in [0.1, 0.15) is 6.61 Å². The molecule has 1 aliphatic rings. The summed E-state index contributed by atoms with van der Waals surface area (Å²) in [6, 6.07) is 12.8. The minimum atomic E-state index is -1.03. The third-order valence-corrected chi connectivity index (χ3v) is 4.25. The first-order chi connectivity index (χ1) is 11.6. The largest absolute Gasteiger partial charge is 0.478 e. The summed E-state index contributed by atoms with van der Waals surface area (Å²) in [5.41, 5.74) is 3.43. The predicted molar refractivity (Wildman–Crippen MR) is 90.4 cm³/mol. The topological polar surface area (TPSA) is 66.8 Å². The van der Waals surface area contributed by atoms with Crippen molar-refractivity contribution in [3.8, 4) is 0 Å². The molecule has 124 valence electrons. The molecule has 0 unspecified atom stereocenters. The number of carboxylic acids is 1. The van der Waals surface area contributed by atoms with Gasteiger partial charge in [0.15, 0.2) is 0 Å². The molecular weight excluding hydrogens is 306 g/mol. The number of rotatable bonds is 3. The summed E-state index contributed by atoms with van der Waals surface area (Å²) in [5, 5.41) is 9.46. The summed E-state index contributed by atoms with van der Waals surface area (Å²) < 4.78 is 5.39. The summed E-state index contributed by atoms with van der Waals surface area (Å²) in [4.78, 5) is 25.5. The van der Waals surface area contributed by atoms with Crippen LogP contribution in [0.5, 0.6) is 0 Å². The molecule has 0 bridgehead atoms. The van der Waals surface area contributed by atoms with E-state index >= 15 is 0 Å². The van der Waals surface area contributed by atoms with Crippen molar-refractivity contribution in [2.75, 3.05) is 11.4 Å². The Morgan fingerprint density at radius 2 is 1.92 bits per heavy atom. The Morgan fingerprint density at radius 1 is 1.17 bits per heavy atom. The van der Waals surface area contributed by atoms with Crippen molar-refractivity contribution < 1.29 is 19.4 Å². The monoisotopic (exact) mass is 325 g/mol. The van der Waals surface area contributed by atoms with Gasteiger partial charge in [-0.05, 0) is 42.5 Å². The molecule has 0 aromatic heterocycles. The number of carbonyl (C=O) groups excluding carboxylic acids is 1. The zero-order valence-electron chi connectivity index (χ0n) is 13.5. The number of anilines is 1. The lowest BCUT2D eigenvalue weighted by Gasteiger charge is -2.31. The van der Waals surface area contributed by atoms with Crippen LogP contribution in [-0.4, -0.2) is 23.7 Å². The Morgan fingerprint density at radius 3 is 2.62 bits per heavy atom. The zero-order valence-corrected chi connectivity index (χ0v) is 13.5. The number of aryl methyl sites for hydroxylation is 1. The first kappa shape index (κ1) is 16.1. The number of amides is 1. The van der Waals surface area contributed by atoms with E-state index < -0.39 is 12.1 Å². The van der Waals surface area contributed by atoms with Crippen LogP contribution < -0.4 is 4.90 Å². The molecule has 0 atom stereocenters. The second-order valence-corrected chi connectivity index (χ2v) is 5.86. The Kier molecular flexibility index (Phi) is 4.51. The van der Waals surface area contributed by atoms with Crippen molar-refractivity contribution in [1.82, 2.24) is 0 Å². The second-order valence-electron chi connectivity index (χ2n) is 5.86. The maximum Gasteiger partial charge on any atom is 0.414 e. The molecule has 0 spiro atoms. The SMILES string of the molecule is Cc1ccc(C(=O)O)c2c1CCCN2C(=O)OCc1ccccc1. The quantitative estimate of drug-likeness (QED) is 0.932. The number of ether oxygens (including phenoxy) is 1. The van der Waals surface area contributed by atoms with Gasteiger partial charge in [0.05, 0.1) is 11.3 Å². The second kappa shape index (κ2) is 6.74. The van der Waals surface area contributed by atoms with Crippen LogP contribution in [0.1, 0.15) is 33.5 Å². The highest BCUT2D eigenvalue weighted by Crippen LogP contribution is 2.34. The molecule has 5 heteroatoms. The van der Waals surface area contributed by atoms with Crippen molar-refractivity contribution in [3.63, 3.8) is 0 Å². The number of carboxylic acid groups (broad SMARTS) is 1. The van der Waals surface area contributed by atoms with Gasteiger partial charge >= 0.3 is 12.1 Å². The number of hydrogen-bond donors (Lipinski definition) is 1. The van der Waals surface area contributed by atoms with Crippen LogP contribution in [0.4, 0.5) is 10.5 Å². The highest BCUT2D eigenvalue weighted by atomic mass is 16.6. The Labute approximate surface area is 140 Å². The fourth-order valence-electron chi connectivity index (χ4n) is 3.04. The van der Waals surface area contributed by atoms with Crippen LogP contribution in [0.3, 0.4) is 0 Å². The molecule has 1 aliphatic heterocycles. The van der Waals surface area contributed by atoms with E-state index in [0.717, 1.165) is 29.5 Å². The number of aromatic carboxylic acids is 1. The van der Waals surface area contributed by atoms with E-state index in [-0.39, 0.29) is 12.2 Å². The molecule has 2 aromatic carbocycles. The van der Waals surface area contributed by atoms with Gasteiger partial charge in [-0.1, -0.05) is 36.4 Å². The molecule has 1 heterocycles. The first-order valence-corrected chi connectivity index (χ1v) is 7.92. The van der Waals surface area contributed by atoms with Gasteiger partial charge in [-0.25, -0.2) is 9.59 Å². The average Bonchev–Trinajstić information content (AvgIpc) is 2.60. The molecular formula is C19H19NO4. The normalized spacial score (nSPS) is 13.3. The maximum atomic E-state index is 12.5. The predicted octanol–water partition coefficient (Wildman–Crippen LogP) is 3.78. The first-order valence-electron chi connectivity index (χ1n) is 7.92. The summed E-state index contributed by atoms with van der Waals surface area (Å²) in [5.74, 6) is -1.03. The number of fused-ring (bicyclic) bond motifs is 1. The Balaban J connectivity index is 1.87. The smallest absolute Gasteiger partial charge is 0.414 e. The van der Waals surface area contributed by atoms with E-state index in [1.807, 2.05) is 37.3 Å². The van der Waals surface area contributed by atoms with E-state index in [4.69, 9.17) is 4.74 Å².